The van der Waals surface area contributed by atoms with Gasteiger partial charge in [-0.1, -0.05) is 24.0 Å². The zero-order valence-electron chi connectivity index (χ0n) is 21.7. The Morgan fingerprint density at radius 2 is 1.51 bits per heavy atom. The van der Waals surface area contributed by atoms with Crippen molar-refractivity contribution in [2.24, 2.45) is 0 Å². The van der Waals surface area contributed by atoms with Gasteiger partial charge in [0.05, 0.1) is 0 Å². The van der Waals surface area contributed by atoms with E-state index >= 15 is 0 Å². The van der Waals surface area contributed by atoms with Gasteiger partial charge in [0, 0.05) is 30.2 Å². The van der Waals surface area contributed by atoms with Crippen molar-refractivity contribution in [2.45, 2.75) is 51.2 Å². The first-order chi connectivity index (χ1) is 18.6. The highest BCUT2D eigenvalue weighted by atomic mass is 19.3. The minimum absolute atomic E-state index is 0.0517. The van der Waals surface area contributed by atoms with Crippen LogP contribution in [0, 0.1) is 23.7 Å². The van der Waals surface area contributed by atoms with Crippen LogP contribution in [0.25, 0.3) is 0 Å². The number of hydrogen-bond donors (Lipinski definition) is 4. The van der Waals surface area contributed by atoms with Crippen LogP contribution in [-0.4, -0.2) is 58.9 Å². The Labute approximate surface area is 226 Å². The van der Waals surface area contributed by atoms with Crippen LogP contribution in [-0.2, 0) is 16.1 Å². The Morgan fingerprint density at radius 3 is 2.00 bits per heavy atom. The van der Waals surface area contributed by atoms with Crippen molar-refractivity contribution in [1.29, 1.82) is 0 Å². The maximum absolute atomic E-state index is 13.8. The third-order valence-corrected chi connectivity index (χ3v) is 6.33. The number of amides is 3. The average Bonchev–Trinajstić information content (AvgIpc) is 3.43. The summed E-state index contributed by atoms with van der Waals surface area (Å²) in [5, 5.41) is 13.2. The fraction of sp³-hybridized carbons (Fsp3) is 0.345. The monoisotopic (exact) mass is 536 g/mol. The topological polar surface area (TPSA) is 111 Å². The van der Waals surface area contributed by atoms with Gasteiger partial charge in [-0.3, -0.25) is 24.5 Å². The minimum Gasteiger partial charge on any atom is -0.343 e. The first-order valence-electron chi connectivity index (χ1n) is 12.4. The lowest BCUT2D eigenvalue weighted by Crippen LogP contribution is -2.68. The first-order valence-corrected chi connectivity index (χ1v) is 12.4. The van der Waals surface area contributed by atoms with Gasteiger partial charge in [-0.2, -0.15) is 0 Å². The third kappa shape index (κ3) is 8.11. The van der Waals surface area contributed by atoms with Crippen LogP contribution < -0.4 is 16.1 Å². The van der Waals surface area contributed by atoms with Gasteiger partial charge in [-0.25, -0.2) is 14.3 Å². The molecule has 2 atom stereocenters. The maximum atomic E-state index is 13.8. The third-order valence-electron chi connectivity index (χ3n) is 6.33. The number of likely N-dealkylation sites (tertiary alicyclic amines) is 1. The lowest BCUT2D eigenvalue weighted by atomic mass is 9.91. The first kappa shape index (κ1) is 29.3. The summed E-state index contributed by atoms with van der Waals surface area (Å²) in [7, 11) is 0. The zero-order valence-corrected chi connectivity index (χ0v) is 21.7. The minimum atomic E-state index is -3.24. The van der Waals surface area contributed by atoms with E-state index in [2.05, 4.69) is 46.0 Å². The Balaban J connectivity index is 1.64. The standard InChI is InChI=1S/C29H30F2N4O4/c1-20(36)33-29(2,28(30)31)25(27(38)34-39)32-26(37)24-15-13-22(14-16-24)8-4-3-7-21-9-11-23(12-10-21)19-35-17-5-6-18-35/h9-16,25,28,39H,5-6,17-19H2,1-2H3,(H,32,37)(H,33,36)(H,34,38). The Hall–Kier alpha value is -4.25. The van der Waals surface area contributed by atoms with Gasteiger partial charge >= 0.3 is 0 Å². The van der Waals surface area contributed by atoms with Crippen molar-refractivity contribution in [2.75, 3.05) is 13.1 Å². The van der Waals surface area contributed by atoms with Crippen LogP contribution in [0.4, 0.5) is 8.78 Å². The molecule has 1 aliphatic rings. The number of benzene rings is 2. The summed E-state index contributed by atoms with van der Waals surface area (Å²) in [6.45, 7) is 5.11. The van der Waals surface area contributed by atoms with Crippen LogP contribution in [0.5, 0.6) is 0 Å². The van der Waals surface area contributed by atoms with Gasteiger partial charge in [0.1, 0.15) is 11.6 Å². The molecular weight excluding hydrogens is 506 g/mol. The molecule has 1 heterocycles. The van der Waals surface area contributed by atoms with Gasteiger partial charge in [-0.05, 0) is 86.7 Å². The van der Waals surface area contributed by atoms with Crippen molar-refractivity contribution >= 4 is 17.7 Å². The van der Waals surface area contributed by atoms with Gasteiger partial charge in [0.25, 0.3) is 18.2 Å². The van der Waals surface area contributed by atoms with Crippen LogP contribution >= 0.6 is 0 Å². The largest absolute Gasteiger partial charge is 0.343 e. The van der Waals surface area contributed by atoms with Crippen molar-refractivity contribution in [3.63, 3.8) is 0 Å². The van der Waals surface area contributed by atoms with Crippen LogP contribution in [0.1, 0.15) is 53.7 Å². The molecule has 2 aromatic rings. The summed E-state index contributed by atoms with van der Waals surface area (Å²) < 4.78 is 27.6. The zero-order chi connectivity index (χ0) is 28.4. The van der Waals surface area contributed by atoms with E-state index in [4.69, 9.17) is 5.21 Å². The molecule has 1 aliphatic heterocycles. The van der Waals surface area contributed by atoms with Crippen LogP contribution in [0.15, 0.2) is 48.5 Å². The maximum Gasteiger partial charge on any atom is 0.268 e. The molecule has 0 aromatic heterocycles. The number of carbonyl (C=O) groups is 3. The molecule has 10 heteroatoms. The molecule has 39 heavy (non-hydrogen) atoms. The number of nitrogens with zero attached hydrogens (tertiary/aromatic N) is 1. The highest BCUT2D eigenvalue weighted by Crippen LogP contribution is 2.21. The summed E-state index contributed by atoms with van der Waals surface area (Å²) in [4.78, 5) is 38.7. The molecule has 1 fully saturated rings. The van der Waals surface area contributed by atoms with Gasteiger partial charge in [-0.15, -0.1) is 0 Å². The molecule has 2 unspecified atom stereocenters. The second-order valence-corrected chi connectivity index (χ2v) is 9.40. The smallest absolute Gasteiger partial charge is 0.268 e. The molecule has 0 bridgehead atoms. The quantitative estimate of drug-likeness (QED) is 0.235. The Bertz CT molecular complexity index is 1300. The van der Waals surface area contributed by atoms with Gasteiger partial charge < -0.3 is 10.6 Å². The predicted octanol–water partition coefficient (Wildman–Crippen LogP) is 2.45. The lowest BCUT2D eigenvalue weighted by molar-refractivity contribution is -0.137. The molecule has 0 aliphatic carbocycles. The fourth-order valence-corrected chi connectivity index (χ4v) is 4.20. The summed E-state index contributed by atoms with van der Waals surface area (Å²) in [5.41, 5.74) is 1.47. The molecule has 0 spiro atoms. The van der Waals surface area contributed by atoms with Crippen molar-refractivity contribution in [3.8, 4) is 23.7 Å². The molecular formula is C29H30F2N4O4. The number of hydroxylamine groups is 1. The van der Waals surface area contributed by atoms with Crippen molar-refractivity contribution in [3.05, 3.63) is 70.8 Å². The number of hydrogen-bond acceptors (Lipinski definition) is 5. The van der Waals surface area contributed by atoms with Crippen molar-refractivity contribution < 1.29 is 28.4 Å². The second kappa shape index (κ2) is 13.5. The number of carbonyl (C=O) groups excluding carboxylic acids is 3. The highest BCUT2D eigenvalue weighted by Gasteiger charge is 2.48. The van der Waals surface area contributed by atoms with E-state index in [0.717, 1.165) is 39.0 Å². The molecule has 1 saturated heterocycles. The average molecular weight is 537 g/mol. The number of alkyl halides is 2. The fourth-order valence-electron chi connectivity index (χ4n) is 4.20. The summed E-state index contributed by atoms with van der Waals surface area (Å²) in [5.74, 6) is 8.37. The van der Waals surface area contributed by atoms with Crippen LogP contribution in [0.3, 0.4) is 0 Å². The van der Waals surface area contributed by atoms with E-state index in [0.29, 0.717) is 5.56 Å². The number of rotatable bonds is 8. The molecule has 3 amide bonds. The van der Waals surface area contributed by atoms with Gasteiger partial charge in [0.2, 0.25) is 5.91 Å². The normalized spacial score (nSPS) is 15.1. The van der Waals surface area contributed by atoms with Gasteiger partial charge in [0.15, 0.2) is 0 Å². The molecule has 8 nitrogen and oxygen atoms in total. The molecule has 2 aromatic carbocycles. The highest BCUT2D eigenvalue weighted by molar-refractivity contribution is 5.98. The molecule has 4 N–H and O–H groups in total. The van der Waals surface area contributed by atoms with E-state index in [1.165, 1.54) is 48.2 Å². The van der Waals surface area contributed by atoms with E-state index in [9.17, 15) is 23.2 Å². The number of nitrogens with one attached hydrogen (secondary N) is 3. The SMILES string of the molecule is CC(=O)NC(C)(C(F)F)C(NC(=O)c1ccc(C#CC#Cc2ccc(CN3CCCC3)cc2)cc1)C(=O)NO. The summed E-state index contributed by atoms with van der Waals surface area (Å²) in [6, 6.07) is 12.0. The Kier molecular flexibility index (Phi) is 10.2. The van der Waals surface area contributed by atoms with E-state index in [1.807, 2.05) is 17.4 Å². The predicted molar refractivity (Wildman–Crippen MR) is 141 cm³/mol. The summed E-state index contributed by atoms with van der Waals surface area (Å²) in [6.07, 6.45) is -0.735. The Morgan fingerprint density at radius 1 is 0.974 bits per heavy atom. The summed E-state index contributed by atoms with van der Waals surface area (Å²) >= 11 is 0. The molecule has 0 radical (unpaired) electrons. The lowest BCUT2D eigenvalue weighted by Gasteiger charge is -2.36. The van der Waals surface area contributed by atoms with E-state index in [-0.39, 0.29) is 5.56 Å². The number of halogens is 2. The van der Waals surface area contributed by atoms with E-state index < -0.39 is 35.7 Å². The second-order valence-electron chi connectivity index (χ2n) is 9.40. The molecule has 204 valence electrons. The molecule has 0 saturated carbocycles. The van der Waals surface area contributed by atoms with Crippen LogP contribution in [0.2, 0.25) is 0 Å². The molecule has 3 rings (SSSR count). The van der Waals surface area contributed by atoms with Crippen molar-refractivity contribution in [1.82, 2.24) is 21.0 Å². The van der Waals surface area contributed by atoms with E-state index in [1.54, 1.807) is 0 Å².